The number of unbranched alkanes of at least 4 members (excludes halogenated alkanes) is 4. The smallest absolute Gasteiger partial charge is 0.325 e. The van der Waals surface area contributed by atoms with E-state index >= 15 is 4.39 Å². The largest absolute Gasteiger partial charge is 0.490 e. The summed E-state index contributed by atoms with van der Waals surface area (Å²) < 4.78 is 46.1. The van der Waals surface area contributed by atoms with Crippen LogP contribution in [0.3, 0.4) is 0 Å². The number of hydrogen-bond donors (Lipinski definition) is 2. The fraction of sp³-hybridized carbons (Fsp3) is 0.739. The summed E-state index contributed by atoms with van der Waals surface area (Å²) in [4.78, 5) is 17.6. The normalized spacial score (nSPS) is 30.1. The van der Waals surface area contributed by atoms with Gasteiger partial charge < -0.3 is 14.5 Å². The first-order chi connectivity index (χ1) is 14.3. The van der Waals surface area contributed by atoms with Crippen molar-refractivity contribution in [2.45, 2.75) is 76.0 Å². The molecule has 4 aliphatic rings. The number of halogens is 2. The molecule has 0 atom stereocenters. The summed E-state index contributed by atoms with van der Waals surface area (Å²) in [5, 5.41) is 0. The topological polar surface area (TPSA) is 66.8 Å². The van der Waals surface area contributed by atoms with Crippen molar-refractivity contribution >= 4 is 7.60 Å². The van der Waals surface area contributed by atoms with Crippen LogP contribution in [0.5, 0.6) is 5.75 Å². The molecule has 2 N–H and O–H groups in total. The van der Waals surface area contributed by atoms with E-state index in [0.29, 0.717) is 42.8 Å². The second kappa shape index (κ2) is 8.88. The van der Waals surface area contributed by atoms with Crippen LogP contribution in [0.2, 0.25) is 0 Å². The van der Waals surface area contributed by atoms with E-state index in [1.165, 1.54) is 19.3 Å². The van der Waals surface area contributed by atoms with Crippen molar-refractivity contribution in [2.24, 2.45) is 17.8 Å². The third-order valence-corrected chi connectivity index (χ3v) is 8.41. The molecule has 0 aromatic heterocycles. The summed E-state index contributed by atoms with van der Waals surface area (Å²) in [6.07, 6.45) is 10.3. The Labute approximate surface area is 177 Å². The van der Waals surface area contributed by atoms with Gasteiger partial charge in [-0.15, -0.1) is 0 Å². The van der Waals surface area contributed by atoms with Gasteiger partial charge in [-0.25, -0.2) is 4.39 Å². The molecule has 1 aromatic rings. The molecule has 5 rings (SSSR count). The van der Waals surface area contributed by atoms with Crippen molar-refractivity contribution < 1.29 is 27.9 Å². The Kier molecular flexibility index (Phi) is 6.58. The van der Waals surface area contributed by atoms with Gasteiger partial charge in [-0.3, -0.25) is 4.57 Å². The van der Waals surface area contributed by atoms with Gasteiger partial charge in [-0.05, 0) is 86.2 Å². The van der Waals surface area contributed by atoms with E-state index in [1.807, 2.05) is 0 Å². The van der Waals surface area contributed by atoms with Crippen molar-refractivity contribution in [1.29, 1.82) is 0 Å². The maximum atomic E-state index is 15.1. The number of benzene rings is 1. The zero-order valence-electron chi connectivity index (χ0n) is 17.5. The molecule has 30 heavy (non-hydrogen) atoms. The quantitative estimate of drug-likeness (QED) is 0.348. The lowest BCUT2D eigenvalue weighted by Crippen LogP contribution is -2.49. The Morgan fingerprint density at radius 2 is 1.47 bits per heavy atom. The first-order valence-electron chi connectivity index (χ1n) is 11.4. The number of ether oxygens (including phenoxy) is 1. The summed E-state index contributed by atoms with van der Waals surface area (Å²) >= 11 is 0. The monoisotopic (exact) mass is 442 g/mol. The van der Waals surface area contributed by atoms with Gasteiger partial charge in [0, 0.05) is 6.16 Å². The van der Waals surface area contributed by atoms with Crippen LogP contribution in [0.15, 0.2) is 12.1 Å². The van der Waals surface area contributed by atoms with Crippen molar-refractivity contribution in [3.05, 3.63) is 29.3 Å². The van der Waals surface area contributed by atoms with E-state index in [1.54, 1.807) is 12.1 Å². The van der Waals surface area contributed by atoms with Crippen molar-refractivity contribution in [3.8, 4) is 5.75 Å². The summed E-state index contributed by atoms with van der Waals surface area (Å²) in [5.41, 5.74) is 0.391. The summed E-state index contributed by atoms with van der Waals surface area (Å²) in [5.74, 6) is 0.447. The van der Waals surface area contributed by atoms with Gasteiger partial charge in [0.15, 0.2) is 11.6 Å². The highest BCUT2D eigenvalue weighted by Crippen LogP contribution is 2.61. The van der Waals surface area contributed by atoms with Crippen LogP contribution in [-0.2, 0) is 9.98 Å². The molecule has 0 saturated heterocycles. The van der Waals surface area contributed by atoms with Crippen LogP contribution in [0.4, 0.5) is 8.78 Å². The van der Waals surface area contributed by atoms with E-state index < -0.39 is 19.2 Å². The molecule has 0 aliphatic heterocycles. The first-order valence-corrected chi connectivity index (χ1v) is 13.2. The van der Waals surface area contributed by atoms with E-state index in [2.05, 4.69) is 0 Å². The molecule has 0 spiro atoms. The second-order valence-electron chi connectivity index (χ2n) is 9.94. The Morgan fingerprint density at radius 1 is 0.900 bits per heavy atom. The molecule has 4 saturated carbocycles. The Bertz CT molecular complexity index is 771. The molecule has 4 aliphatic carbocycles. The predicted octanol–water partition coefficient (Wildman–Crippen LogP) is 5.94. The molecule has 0 heterocycles. The van der Waals surface area contributed by atoms with Crippen LogP contribution < -0.4 is 4.74 Å². The van der Waals surface area contributed by atoms with Gasteiger partial charge in [0.2, 0.25) is 5.82 Å². The average Bonchev–Trinajstić information content (AvgIpc) is 2.65. The SMILES string of the molecule is O=P(O)(O)CCCCCCCOc1ccc([C@]23CC4CC(C[C@H](C4)C2)C3)c(F)c1F. The van der Waals surface area contributed by atoms with Gasteiger partial charge >= 0.3 is 7.60 Å². The Balaban J connectivity index is 1.28. The molecule has 4 bridgehead atoms. The van der Waals surface area contributed by atoms with Crippen molar-refractivity contribution in [3.63, 3.8) is 0 Å². The molecule has 0 radical (unpaired) electrons. The van der Waals surface area contributed by atoms with E-state index in [-0.39, 0.29) is 17.3 Å². The molecule has 0 unspecified atom stereocenters. The average molecular weight is 442 g/mol. The minimum atomic E-state index is -3.90. The minimum Gasteiger partial charge on any atom is -0.490 e. The first kappa shape index (κ1) is 22.2. The Morgan fingerprint density at radius 3 is 2.07 bits per heavy atom. The van der Waals surface area contributed by atoms with Crippen molar-refractivity contribution in [2.75, 3.05) is 12.8 Å². The molecule has 0 amide bonds. The standard InChI is InChI=1S/C23H33F2O4P/c24-21-19(23-13-16-10-17(14-23)12-18(11-16)15-23)6-7-20(22(21)25)29-8-4-2-1-3-5-9-30(26,27)28/h6-7,16-18H,1-5,8-15H2,(H2,26,27,28)/t16-,17?,18?,23-. The zero-order valence-corrected chi connectivity index (χ0v) is 18.4. The Hall–Kier alpha value is -0.970. The summed E-state index contributed by atoms with van der Waals surface area (Å²) in [6.45, 7) is 0.311. The highest BCUT2D eigenvalue weighted by molar-refractivity contribution is 7.51. The maximum Gasteiger partial charge on any atom is 0.325 e. The van der Waals surface area contributed by atoms with Crippen molar-refractivity contribution in [1.82, 2.24) is 0 Å². The molecule has 1 aromatic carbocycles. The third-order valence-electron chi connectivity index (χ3n) is 7.51. The van der Waals surface area contributed by atoms with Gasteiger partial charge in [0.05, 0.1) is 6.61 Å². The minimum absolute atomic E-state index is 0.0116. The molecular weight excluding hydrogens is 409 g/mol. The molecule has 4 nitrogen and oxygen atoms in total. The lowest BCUT2D eigenvalue weighted by Gasteiger charge is -2.57. The molecule has 168 valence electrons. The zero-order chi connectivity index (χ0) is 21.4. The molecule has 4 fully saturated rings. The van der Waals surface area contributed by atoms with Gasteiger partial charge in [-0.2, -0.15) is 4.39 Å². The lowest BCUT2D eigenvalue weighted by molar-refractivity contribution is -0.00708. The van der Waals surface area contributed by atoms with Crippen LogP contribution in [-0.4, -0.2) is 22.6 Å². The fourth-order valence-electron chi connectivity index (χ4n) is 6.63. The second-order valence-corrected chi connectivity index (χ2v) is 11.7. The summed E-state index contributed by atoms with van der Waals surface area (Å²) in [6, 6.07) is 3.37. The van der Waals surface area contributed by atoms with Gasteiger partial charge in [0.1, 0.15) is 0 Å². The lowest BCUT2D eigenvalue weighted by atomic mass is 9.48. The van der Waals surface area contributed by atoms with Gasteiger partial charge in [0.25, 0.3) is 0 Å². The maximum absolute atomic E-state index is 15.1. The third kappa shape index (κ3) is 4.92. The summed E-state index contributed by atoms with van der Waals surface area (Å²) in [7, 11) is -3.90. The molecular formula is C23H33F2O4P. The number of rotatable bonds is 10. The fourth-order valence-corrected chi connectivity index (χ4v) is 7.26. The highest BCUT2D eigenvalue weighted by atomic mass is 31.2. The molecule has 7 heteroatoms. The van der Waals surface area contributed by atoms with E-state index in [9.17, 15) is 8.96 Å². The van der Waals surface area contributed by atoms with E-state index in [0.717, 1.165) is 38.5 Å². The van der Waals surface area contributed by atoms with Crippen LogP contribution >= 0.6 is 7.60 Å². The van der Waals surface area contributed by atoms with E-state index in [4.69, 9.17) is 14.5 Å². The predicted molar refractivity (Wildman–Crippen MR) is 112 cm³/mol. The number of hydrogen-bond acceptors (Lipinski definition) is 2. The van der Waals surface area contributed by atoms with Crippen LogP contribution in [0.25, 0.3) is 0 Å². The highest BCUT2D eigenvalue weighted by Gasteiger charge is 2.52. The van der Waals surface area contributed by atoms with Crippen LogP contribution in [0, 0.1) is 29.4 Å². The van der Waals surface area contributed by atoms with Crippen LogP contribution in [0.1, 0.15) is 76.2 Å². The van der Waals surface area contributed by atoms with Gasteiger partial charge in [-0.1, -0.05) is 25.3 Å².